The van der Waals surface area contributed by atoms with Crippen LogP contribution in [0.2, 0.25) is 5.22 Å². The number of carbonyl (C=O) groups excluding carboxylic acids is 1. The molecule has 8 heteroatoms. The maximum Gasteiger partial charge on any atom is 0.287 e. The van der Waals surface area contributed by atoms with E-state index >= 15 is 0 Å². The number of nitrogens with two attached hydrogens (primary N) is 1. The molecule has 0 spiro atoms. The van der Waals surface area contributed by atoms with Crippen molar-refractivity contribution >= 4 is 27.5 Å². The number of amides is 1. The number of carbonyl (C=O) groups is 1. The third-order valence-corrected chi connectivity index (χ3v) is 3.95. The molecule has 2 aromatic rings. The van der Waals surface area contributed by atoms with Crippen molar-refractivity contribution in [2.75, 3.05) is 0 Å². The average molecular weight is 329 g/mol. The van der Waals surface area contributed by atoms with Gasteiger partial charge >= 0.3 is 0 Å². The van der Waals surface area contributed by atoms with E-state index in [1.165, 1.54) is 24.3 Å². The molecule has 1 unspecified atom stereocenters. The molecule has 0 aliphatic carbocycles. The fourth-order valence-corrected chi connectivity index (χ4v) is 2.46. The molecule has 21 heavy (non-hydrogen) atoms. The maximum absolute atomic E-state index is 11.9. The topological polar surface area (TPSA) is 102 Å². The lowest BCUT2D eigenvalue weighted by atomic mass is 10.1. The second-order valence-electron chi connectivity index (χ2n) is 4.42. The third-order valence-electron chi connectivity index (χ3n) is 2.83. The molecule has 112 valence electrons. The van der Waals surface area contributed by atoms with Crippen LogP contribution >= 0.6 is 11.6 Å². The Morgan fingerprint density at radius 3 is 2.62 bits per heavy atom. The SMILES string of the molecule is CC(NC(=O)c1ccc(Cl)o1)c1cccc(S(N)(=O)=O)c1. The predicted octanol–water partition coefficient (Wildman–Crippen LogP) is 2.07. The van der Waals surface area contributed by atoms with Crippen molar-refractivity contribution in [2.45, 2.75) is 17.9 Å². The summed E-state index contributed by atoms with van der Waals surface area (Å²) in [6.07, 6.45) is 0. The van der Waals surface area contributed by atoms with Crippen LogP contribution in [0.15, 0.2) is 45.7 Å². The molecule has 0 saturated heterocycles. The van der Waals surface area contributed by atoms with Gasteiger partial charge in [-0.15, -0.1) is 0 Å². The normalized spacial score (nSPS) is 12.9. The fraction of sp³-hybridized carbons (Fsp3) is 0.154. The maximum atomic E-state index is 11.9. The number of nitrogens with one attached hydrogen (secondary N) is 1. The molecule has 0 aliphatic rings. The smallest absolute Gasteiger partial charge is 0.287 e. The summed E-state index contributed by atoms with van der Waals surface area (Å²) in [5.41, 5.74) is 0.604. The monoisotopic (exact) mass is 328 g/mol. The zero-order valence-electron chi connectivity index (χ0n) is 11.0. The Hall–Kier alpha value is -1.83. The second kappa shape index (κ2) is 5.88. The fourth-order valence-electron chi connectivity index (χ4n) is 1.75. The Morgan fingerprint density at radius 1 is 1.33 bits per heavy atom. The summed E-state index contributed by atoms with van der Waals surface area (Å²) < 4.78 is 27.6. The summed E-state index contributed by atoms with van der Waals surface area (Å²) in [6, 6.07) is 8.53. The first kappa shape index (κ1) is 15.6. The predicted molar refractivity (Wildman–Crippen MR) is 77.4 cm³/mol. The summed E-state index contributed by atoms with van der Waals surface area (Å²) >= 11 is 5.60. The van der Waals surface area contributed by atoms with E-state index in [1.807, 2.05) is 0 Å². The summed E-state index contributed by atoms with van der Waals surface area (Å²) in [4.78, 5) is 11.9. The first-order chi connectivity index (χ1) is 9.77. The van der Waals surface area contributed by atoms with Gasteiger partial charge in [-0.1, -0.05) is 12.1 Å². The number of hydrogen-bond donors (Lipinski definition) is 2. The van der Waals surface area contributed by atoms with Gasteiger partial charge in [0.15, 0.2) is 11.0 Å². The molecule has 3 N–H and O–H groups in total. The van der Waals surface area contributed by atoms with Crippen LogP contribution in [-0.2, 0) is 10.0 Å². The zero-order chi connectivity index (χ0) is 15.6. The van der Waals surface area contributed by atoms with Gasteiger partial charge in [0.05, 0.1) is 10.9 Å². The Balaban J connectivity index is 2.17. The lowest BCUT2D eigenvalue weighted by molar-refractivity contribution is 0.0912. The van der Waals surface area contributed by atoms with Gasteiger partial charge in [0.25, 0.3) is 5.91 Å². The zero-order valence-corrected chi connectivity index (χ0v) is 12.6. The van der Waals surface area contributed by atoms with Crippen molar-refractivity contribution in [1.82, 2.24) is 5.32 Å². The Labute approximate surface area is 126 Å². The Bertz CT molecular complexity index is 770. The van der Waals surface area contributed by atoms with Crippen LogP contribution in [0.4, 0.5) is 0 Å². The summed E-state index contributed by atoms with van der Waals surface area (Å²) in [5, 5.41) is 7.87. The van der Waals surface area contributed by atoms with Gasteiger partial charge in [0, 0.05) is 0 Å². The van der Waals surface area contributed by atoms with E-state index in [2.05, 4.69) is 5.32 Å². The Kier molecular flexibility index (Phi) is 4.36. The van der Waals surface area contributed by atoms with E-state index in [0.717, 1.165) is 0 Å². The van der Waals surface area contributed by atoms with Gasteiger partial charge in [0.2, 0.25) is 10.0 Å². The van der Waals surface area contributed by atoms with Crippen LogP contribution in [0.1, 0.15) is 29.1 Å². The highest BCUT2D eigenvalue weighted by atomic mass is 35.5. The van der Waals surface area contributed by atoms with E-state index in [9.17, 15) is 13.2 Å². The van der Waals surface area contributed by atoms with Gasteiger partial charge in [-0.05, 0) is 48.4 Å². The van der Waals surface area contributed by atoms with E-state index in [1.54, 1.807) is 19.1 Å². The summed E-state index contributed by atoms with van der Waals surface area (Å²) in [7, 11) is -3.78. The molecule has 0 fully saturated rings. The lowest BCUT2D eigenvalue weighted by Crippen LogP contribution is -2.26. The van der Waals surface area contributed by atoms with Crippen molar-refractivity contribution < 1.29 is 17.6 Å². The molecule has 1 aromatic heterocycles. The van der Waals surface area contributed by atoms with Gasteiger partial charge in [0.1, 0.15) is 0 Å². The van der Waals surface area contributed by atoms with Crippen LogP contribution < -0.4 is 10.5 Å². The highest BCUT2D eigenvalue weighted by molar-refractivity contribution is 7.89. The average Bonchev–Trinajstić information content (AvgIpc) is 2.84. The van der Waals surface area contributed by atoms with Crippen molar-refractivity contribution in [3.8, 4) is 0 Å². The molecule has 1 heterocycles. The molecule has 1 aromatic carbocycles. The molecule has 0 saturated carbocycles. The van der Waals surface area contributed by atoms with Gasteiger partial charge in [-0.2, -0.15) is 0 Å². The molecular weight excluding hydrogens is 316 g/mol. The van der Waals surface area contributed by atoms with Crippen LogP contribution in [0.5, 0.6) is 0 Å². The van der Waals surface area contributed by atoms with Crippen molar-refractivity contribution in [2.24, 2.45) is 5.14 Å². The van der Waals surface area contributed by atoms with Crippen molar-refractivity contribution in [1.29, 1.82) is 0 Å². The van der Waals surface area contributed by atoms with Gasteiger partial charge in [-0.25, -0.2) is 13.6 Å². The van der Waals surface area contributed by atoms with Crippen molar-refractivity contribution in [3.63, 3.8) is 0 Å². The van der Waals surface area contributed by atoms with Crippen LogP contribution in [0, 0.1) is 0 Å². The van der Waals surface area contributed by atoms with E-state index in [4.69, 9.17) is 21.2 Å². The molecule has 0 radical (unpaired) electrons. The molecule has 0 bridgehead atoms. The molecule has 1 atom stereocenters. The van der Waals surface area contributed by atoms with Crippen molar-refractivity contribution in [3.05, 3.63) is 52.9 Å². The first-order valence-corrected chi connectivity index (χ1v) is 7.89. The summed E-state index contributed by atoms with van der Waals surface area (Å²) in [6.45, 7) is 1.71. The second-order valence-corrected chi connectivity index (χ2v) is 6.35. The molecule has 6 nitrogen and oxygen atoms in total. The van der Waals surface area contributed by atoms with E-state index in [0.29, 0.717) is 5.56 Å². The number of benzene rings is 1. The highest BCUT2D eigenvalue weighted by Crippen LogP contribution is 2.18. The molecule has 2 rings (SSSR count). The van der Waals surface area contributed by atoms with Crippen LogP contribution in [0.25, 0.3) is 0 Å². The van der Waals surface area contributed by atoms with E-state index in [-0.39, 0.29) is 15.9 Å². The largest absolute Gasteiger partial charge is 0.440 e. The van der Waals surface area contributed by atoms with Crippen LogP contribution in [0.3, 0.4) is 0 Å². The number of rotatable bonds is 4. The minimum atomic E-state index is -3.78. The molecular formula is C13H13ClN2O4S. The first-order valence-electron chi connectivity index (χ1n) is 5.96. The number of hydrogen-bond acceptors (Lipinski definition) is 4. The number of sulfonamides is 1. The number of primary sulfonamides is 1. The quantitative estimate of drug-likeness (QED) is 0.896. The minimum absolute atomic E-state index is 0.0119. The lowest BCUT2D eigenvalue weighted by Gasteiger charge is -2.14. The molecule has 0 aliphatic heterocycles. The number of furan rings is 1. The standard InChI is InChI=1S/C13H13ClN2O4S/c1-8(16-13(17)11-5-6-12(14)20-11)9-3-2-4-10(7-9)21(15,18)19/h2-8H,1H3,(H,16,17)(H2,15,18,19). The number of halogens is 1. The minimum Gasteiger partial charge on any atom is -0.440 e. The Morgan fingerprint density at radius 2 is 2.05 bits per heavy atom. The molecule has 1 amide bonds. The third kappa shape index (κ3) is 3.84. The highest BCUT2D eigenvalue weighted by Gasteiger charge is 2.16. The van der Waals surface area contributed by atoms with E-state index < -0.39 is 22.0 Å². The summed E-state index contributed by atoms with van der Waals surface area (Å²) in [5.74, 6) is -0.371. The van der Waals surface area contributed by atoms with Crippen LogP contribution in [-0.4, -0.2) is 14.3 Å². The van der Waals surface area contributed by atoms with Gasteiger partial charge < -0.3 is 9.73 Å². The van der Waals surface area contributed by atoms with Gasteiger partial charge in [-0.3, -0.25) is 4.79 Å².